The summed E-state index contributed by atoms with van der Waals surface area (Å²) >= 11 is 0. The van der Waals surface area contributed by atoms with Crippen LogP contribution in [0.5, 0.6) is 0 Å². The first kappa shape index (κ1) is 12.8. The highest BCUT2D eigenvalue weighted by Gasteiger charge is 2.06. The maximum atomic E-state index is 10.5. The van der Waals surface area contributed by atoms with Crippen molar-refractivity contribution in [1.82, 2.24) is 0 Å². The second-order valence-corrected chi connectivity index (χ2v) is 3.10. The van der Waals surface area contributed by atoms with Crippen LogP contribution in [0.2, 0.25) is 0 Å². The topological polar surface area (TPSA) is 61.6 Å². The van der Waals surface area contributed by atoms with Gasteiger partial charge in [-0.2, -0.15) is 0 Å². The average Bonchev–Trinajstić information content (AvgIpc) is 2.03. The SMILES string of the molecule is C1CCC1.COC(OC)=C(C)C(N)=O. The summed E-state index contributed by atoms with van der Waals surface area (Å²) in [4.78, 5) is 10.5. The number of rotatable bonds is 3. The van der Waals surface area contributed by atoms with Crippen molar-refractivity contribution in [3.8, 4) is 0 Å². The van der Waals surface area contributed by atoms with Gasteiger partial charge in [-0.25, -0.2) is 0 Å². The third-order valence-electron chi connectivity index (χ3n) is 2.05. The summed E-state index contributed by atoms with van der Waals surface area (Å²) in [5.41, 5.74) is 5.21. The smallest absolute Gasteiger partial charge is 0.287 e. The van der Waals surface area contributed by atoms with E-state index in [1.54, 1.807) is 0 Å². The van der Waals surface area contributed by atoms with E-state index in [1.807, 2.05) is 0 Å². The molecule has 0 saturated heterocycles. The summed E-state index contributed by atoms with van der Waals surface area (Å²) in [6, 6.07) is 0. The molecular weight excluding hydrogens is 182 g/mol. The van der Waals surface area contributed by atoms with Crippen molar-refractivity contribution in [2.45, 2.75) is 32.6 Å². The number of carbonyl (C=O) groups is 1. The standard InChI is InChI=1S/C6H11NO3.C4H8/c1-4(5(7)8)6(9-2)10-3;1-2-4-3-1/h1-3H3,(H2,7,8);1-4H2. The number of carbonyl (C=O) groups excluding carboxylic acids is 1. The lowest BCUT2D eigenvalue weighted by Crippen LogP contribution is -2.14. The lowest BCUT2D eigenvalue weighted by molar-refractivity contribution is -0.115. The van der Waals surface area contributed by atoms with E-state index < -0.39 is 5.91 Å². The molecule has 4 heteroatoms. The van der Waals surface area contributed by atoms with Crippen LogP contribution in [-0.4, -0.2) is 20.1 Å². The molecule has 0 aromatic rings. The molecule has 0 bridgehead atoms. The zero-order valence-corrected chi connectivity index (χ0v) is 9.13. The lowest BCUT2D eigenvalue weighted by atomic mass is 10.0. The van der Waals surface area contributed by atoms with Gasteiger partial charge in [-0.3, -0.25) is 4.79 Å². The molecule has 0 aliphatic heterocycles. The average molecular weight is 201 g/mol. The van der Waals surface area contributed by atoms with Crippen LogP contribution in [0.4, 0.5) is 0 Å². The molecule has 0 heterocycles. The molecule has 0 radical (unpaired) electrons. The highest BCUT2D eigenvalue weighted by atomic mass is 16.7. The Bertz CT molecular complexity index is 197. The van der Waals surface area contributed by atoms with Gasteiger partial charge in [-0.05, 0) is 6.92 Å². The second kappa shape index (κ2) is 7.24. The Labute approximate surface area is 85.1 Å². The molecule has 0 spiro atoms. The van der Waals surface area contributed by atoms with Crippen LogP contribution in [0.25, 0.3) is 0 Å². The molecule has 1 fully saturated rings. The van der Waals surface area contributed by atoms with Gasteiger partial charge in [0.15, 0.2) is 0 Å². The van der Waals surface area contributed by atoms with Crippen molar-refractivity contribution in [3.63, 3.8) is 0 Å². The quantitative estimate of drug-likeness (QED) is 0.556. The maximum Gasteiger partial charge on any atom is 0.287 e. The van der Waals surface area contributed by atoms with Crippen LogP contribution < -0.4 is 5.73 Å². The van der Waals surface area contributed by atoms with Gasteiger partial charge in [0.25, 0.3) is 11.9 Å². The van der Waals surface area contributed by atoms with Gasteiger partial charge in [0.05, 0.1) is 19.8 Å². The van der Waals surface area contributed by atoms with Gasteiger partial charge in [-0.15, -0.1) is 0 Å². The zero-order valence-electron chi connectivity index (χ0n) is 9.13. The number of hydrogen-bond donors (Lipinski definition) is 1. The summed E-state index contributed by atoms with van der Waals surface area (Å²) in [5.74, 6) is -0.383. The number of primary amides is 1. The summed E-state index contributed by atoms with van der Waals surface area (Å²) in [6.45, 7) is 1.53. The van der Waals surface area contributed by atoms with E-state index >= 15 is 0 Å². The summed E-state index contributed by atoms with van der Waals surface area (Å²) in [5, 5.41) is 0. The number of hydrogen-bond acceptors (Lipinski definition) is 3. The fraction of sp³-hybridized carbons (Fsp3) is 0.700. The van der Waals surface area contributed by atoms with Crippen LogP contribution in [0.15, 0.2) is 11.5 Å². The predicted octanol–water partition coefficient (Wildman–Crippen LogP) is 1.56. The third-order valence-corrected chi connectivity index (χ3v) is 2.05. The molecular formula is C10H19NO3. The van der Waals surface area contributed by atoms with Crippen molar-refractivity contribution in [2.24, 2.45) is 5.73 Å². The first-order valence-electron chi connectivity index (χ1n) is 4.72. The van der Waals surface area contributed by atoms with E-state index in [2.05, 4.69) is 9.47 Å². The van der Waals surface area contributed by atoms with Crippen LogP contribution in [0.3, 0.4) is 0 Å². The molecule has 0 atom stereocenters. The Morgan fingerprint density at radius 1 is 1.07 bits per heavy atom. The first-order chi connectivity index (χ1) is 6.63. The molecule has 4 nitrogen and oxygen atoms in total. The van der Waals surface area contributed by atoms with E-state index in [1.165, 1.54) is 46.8 Å². The molecule has 1 aliphatic rings. The van der Waals surface area contributed by atoms with E-state index in [9.17, 15) is 4.79 Å². The van der Waals surface area contributed by atoms with E-state index in [4.69, 9.17) is 5.73 Å². The highest BCUT2D eigenvalue weighted by molar-refractivity contribution is 5.91. The minimum Gasteiger partial charge on any atom is -0.468 e. The van der Waals surface area contributed by atoms with Crippen molar-refractivity contribution in [1.29, 1.82) is 0 Å². The third kappa shape index (κ3) is 4.74. The van der Waals surface area contributed by atoms with Gasteiger partial charge in [0.2, 0.25) is 0 Å². The largest absolute Gasteiger partial charge is 0.468 e. The molecule has 0 aromatic heterocycles. The number of methoxy groups -OCH3 is 2. The molecule has 2 N–H and O–H groups in total. The van der Waals surface area contributed by atoms with Crippen molar-refractivity contribution in [2.75, 3.05) is 14.2 Å². The Kier molecular flexibility index (Phi) is 6.62. The molecule has 1 amide bonds. The second-order valence-electron chi connectivity index (χ2n) is 3.10. The van der Waals surface area contributed by atoms with Crippen LogP contribution in [0, 0.1) is 0 Å². The summed E-state index contributed by atoms with van der Waals surface area (Å²) in [7, 11) is 2.82. The van der Waals surface area contributed by atoms with Crippen molar-refractivity contribution in [3.05, 3.63) is 11.5 Å². The fourth-order valence-electron chi connectivity index (χ4n) is 0.740. The zero-order chi connectivity index (χ0) is 11.0. The summed E-state index contributed by atoms with van der Waals surface area (Å²) in [6.07, 6.45) is 6.00. The van der Waals surface area contributed by atoms with Gasteiger partial charge >= 0.3 is 0 Å². The molecule has 14 heavy (non-hydrogen) atoms. The predicted molar refractivity (Wildman–Crippen MR) is 54.4 cm³/mol. The van der Waals surface area contributed by atoms with Gasteiger partial charge in [0, 0.05) is 0 Å². The maximum absolute atomic E-state index is 10.5. The van der Waals surface area contributed by atoms with Gasteiger partial charge in [-0.1, -0.05) is 25.7 Å². The molecule has 1 rings (SSSR count). The lowest BCUT2D eigenvalue weighted by Gasteiger charge is -2.05. The normalized spacial score (nSPS) is 12.8. The van der Waals surface area contributed by atoms with Gasteiger partial charge in [0.1, 0.15) is 0 Å². The number of nitrogens with two attached hydrogens (primary N) is 1. The van der Waals surface area contributed by atoms with Crippen molar-refractivity contribution < 1.29 is 14.3 Å². The summed E-state index contributed by atoms with van der Waals surface area (Å²) < 4.78 is 9.36. The Morgan fingerprint density at radius 2 is 1.43 bits per heavy atom. The minimum atomic E-state index is -0.543. The minimum absolute atomic E-state index is 0.160. The van der Waals surface area contributed by atoms with E-state index in [-0.39, 0.29) is 11.5 Å². The van der Waals surface area contributed by atoms with Crippen LogP contribution in [0.1, 0.15) is 32.6 Å². The van der Waals surface area contributed by atoms with Crippen LogP contribution in [-0.2, 0) is 14.3 Å². The monoisotopic (exact) mass is 201 g/mol. The van der Waals surface area contributed by atoms with E-state index in [0.717, 1.165) is 0 Å². The first-order valence-corrected chi connectivity index (χ1v) is 4.72. The molecule has 1 aliphatic carbocycles. The Morgan fingerprint density at radius 3 is 1.50 bits per heavy atom. The Hall–Kier alpha value is -1.19. The van der Waals surface area contributed by atoms with Crippen molar-refractivity contribution >= 4 is 5.91 Å². The van der Waals surface area contributed by atoms with Gasteiger partial charge < -0.3 is 15.2 Å². The highest BCUT2D eigenvalue weighted by Crippen LogP contribution is 2.15. The molecule has 0 unspecified atom stereocenters. The van der Waals surface area contributed by atoms with Crippen LogP contribution >= 0.6 is 0 Å². The number of amides is 1. The molecule has 1 saturated carbocycles. The molecule has 82 valence electrons. The number of ether oxygens (including phenoxy) is 2. The molecule has 0 aromatic carbocycles. The Balaban J connectivity index is 0.000000344. The van der Waals surface area contributed by atoms with E-state index in [0.29, 0.717) is 0 Å². The fourth-order valence-corrected chi connectivity index (χ4v) is 0.740.